The minimum absolute atomic E-state index is 0.153. The monoisotopic (exact) mass is 199 g/mol. The summed E-state index contributed by atoms with van der Waals surface area (Å²) in [5.41, 5.74) is 4.87. The van der Waals surface area contributed by atoms with Crippen LogP contribution >= 0.6 is 0 Å². The first-order valence-corrected chi connectivity index (χ1v) is 3.74. The van der Waals surface area contributed by atoms with E-state index < -0.39 is 31.0 Å². The Morgan fingerprint density at radius 3 is 2.54 bits per heavy atom. The van der Waals surface area contributed by atoms with Gasteiger partial charge in [-0.05, 0) is 6.42 Å². The molecule has 0 aliphatic carbocycles. The van der Waals surface area contributed by atoms with E-state index in [0.29, 0.717) is 0 Å². The first-order chi connectivity index (χ1) is 5.90. The maximum Gasteiger partial charge on any atom is 0.358 e. The highest BCUT2D eigenvalue weighted by Crippen LogP contribution is 2.16. The van der Waals surface area contributed by atoms with Gasteiger partial charge in [0.05, 0.1) is 7.11 Å². The number of alkyl halides is 3. The second-order valence-electron chi connectivity index (χ2n) is 2.64. The molecule has 78 valence electrons. The van der Waals surface area contributed by atoms with Crippen molar-refractivity contribution in [1.29, 1.82) is 0 Å². The highest BCUT2D eigenvalue weighted by atomic mass is 19.3. The summed E-state index contributed by atoms with van der Waals surface area (Å²) in [6, 6.07) is 0. The number of ether oxygens (including phenoxy) is 1. The van der Waals surface area contributed by atoms with Gasteiger partial charge < -0.3 is 4.74 Å². The number of carbonyl (C=O) groups excluding carboxylic acids is 1. The van der Waals surface area contributed by atoms with E-state index in [-0.39, 0.29) is 6.42 Å². The smallest absolute Gasteiger partial charge is 0.358 e. The summed E-state index contributed by atoms with van der Waals surface area (Å²) in [6.07, 6.45) is -3.59. The van der Waals surface area contributed by atoms with Crippen LogP contribution in [0.15, 0.2) is 0 Å². The van der Waals surface area contributed by atoms with Gasteiger partial charge >= 0.3 is 5.97 Å². The molecule has 1 atom stereocenters. The Labute approximate surface area is 74.0 Å². The average Bonchev–Trinajstić information content (AvgIpc) is 2.01. The van der Waals surface area contributed by atoms with E-state index >= 15 is 0 Å². The number of nitrogens with two attached hydrogens (primary N) is 1. The van der Waals surface area contributed by atoms with Gasteiger partial charge in [-0.3, -0.25) is 5.73 Å². The maximum absolute atomic E-state index is 13.0. The van der Waals surface area contributed by atoms with E-state index in [1.54, 1.807) is 0 Å². The Morgan fingerprint density at radius 2 is 2.15 bits per heavy atom. The van der Waals surface area contributed by atoms with Crippen LogP contribution in [0.4, 0.5) is 13.2 Å². The van der Waals surface area contributed by atoms with E-state index in [2.05, 4.69) is 4.74 Å². The summed E-state index contributed by atoms with van der Waals surface area (Å²) in [6.45, 7) is 0. The fourth-order valence-electron chi connectivity index (χ4n) is 0.785. The topological polar surface area (TPSA) is 52.3 Å². The Morgan fingerprint density at radius 1 is 1.62 bits per heavy atom. The third kappa shape index (κ3) is 4.72. The first kappa shape index (κ1) is 12.2. The largest absolute Gasteiger partial charge is 0.466 e. The van der Waals surface area contributed by atoms with Crippen molar-refractivity contribution in [1.82, 2.24) is 0 Å². The fourth-order valence-corrected chi connectivity index (χ4v) is 0.785. The number of hydrogen-bond donors (Lipinski definition) is 1. The summed E-state index contributed by atoms with van der Waals surface area (Å²) in [5, 5.41) is 0. The molecule has 0 aromatic heterocycles. The van der Waals surface area contributed by atoms with Gasteiger partial charge in [0, 0.05) is 12.8 Å². The van der Waals surface area contributed by atoms with Crippen molar-refractivity contribution in [3.05, 3.63) is 0 Å². The molecule has 3 nitrogen and oxygen atoms in total. The molecule has 0 aromatic carbocycles. The Balaban J connectivity index is 3.82. The van der Waals surface area contributed by atoms with E-state index in [0.717, 1.165) is 7.11 Å². The Kier molecular flexibility index (Phi) is 4.76. The lowest BCUT2D eigenvalue weighted by Gasteiger charge is -2.16. The molecule has 0 amide bonds. The molecule has 0 aliphatic rings. The van der Waals surface area contributed by atoms with E-state index in [9.17, 15) is 18.0 Å². The van der Waals surface area contributed by atoms with Gasteiger partial charge in [0.2, 0.25) is 6.43 Å². The summed E-state index contributed by atoms with van der Waals surface area (Å²) in [5.74, 6) is -3.88. The van der Waals surface area contributed by atoms with Crippen LogP contribution in [0.25, 0.3) is 0 Å². The molecule has 0 bridgehead atoms. The van der Waals surface area contributed by atoms with Crippen LogP contribution in [-0.4, -0.2) is 25.3 Å². The number of halogens is 3. The predicted octanol–water partition coefficient (Wildman–Crippen LogP) is 1.22. The first-order valence-electron chi connectivity index (χ1n) is 3.74. The van der Waals surface area contributed by atoms with Crippen molar-refractivity contribution in [3.63, 3.8) is 0 Å². The van der Waals surface area contributed by atoms with Gasteiger partial charge in [-0.25, -0.2) is 18.0 Å². The van der Waals surface area contributed by atoms with Crippen LogP contribution in [0.1, 0.15) is 19.3 Å². The van der Waals surface area contributed by atoms with Gasteiger partial charge in [-0.15, -0.1) is 0 Å². The minimum atomic E-state index is -2.65. The van der Waals surface area contributed by atoms with Crippen molar-refractivity contribution < 1.29 is 22.7 Å². The second-order valence-corrected chi connectivity index (χ2v) is 2.64. The van der Waals surface area contributed by atoms with Crippen molar-refractivity contribution in [3.8, 4) is 0 Å². The highest BCUT2D eigenvalue weighted by Gasteiger charge is 2.34. The Hall–Kier alpha value is -0.780. The molecule has 0 aliphatic heterocycles. The summed E-state index contributed by atoms with van der Waals surface area (Å²) < 4.78 is 40.3. The van der Waals surface area contributed by atoms with Gasteiger partial charge in [-0.1, -0.05) is 0 Å². The van der Waals surface area contributed by atoms with Crippen LogP contribution in [-0.2, 0) is 9.53 Å². The van der Waals surface area contributed by atoms with Gasteiger partial charge in [0.25, 0.3) is 5.79 Å². The zero-order chi connectivity index (χ0) is 10.5. The van der Waals surface area contributed by atoms with Crippen LogP contribution in [0, 0.1) is 0 Å². The molecule has 0 rings (SSSR count). The van der Waals surface area contributed by atoms with Crippen LogP contribution < -0.4 is 5.73 Å². The van der Waals surface area contributed by atoms with Crippen molar-refractivity contribution in [2.75, 3.05) is 7.11 Å². The van der Waals surface area contributed by atoms with Crippen molar-refractivity contribution in [2.45, 2.75) is 31.5 Å². The summed E-state index contributed by atoms with van der Waals surface area (Å²) in [7, 11) is 0.983. The second kappa shape index (κ2) is 5.06. The lowest BCUT2D eigenvalue weighted by Crippen LogP contribution is -2.44. The molecule has 0 heterocycles. The quantitative estimate of drug-likeness (QED) is 0.535. The number of carbonyl (C=O) groups is 1. The number of hydrogen-bond acceptors (Lipinski definition) is 3. The van der Waals surface area contributed by atoms with E-state index in [4.69, 9.17) is 5.73 Å². The SMILES string of the molecule is COC(=O)C(N)(F)CCCC(F)F. The van der Waals surface area contributed by atoms with Crippen LogP contribution in [0.5, 0.6) is 0 Å². The highest BCUT2D eigenvalue weighted by molar-refractivity contribution is 5.78. The molecule has 6 heteroatoms. The van der Waals surface area contributed by atoms with Gasteiger partial charge in [0.1, 0.15) is 0 Å². The standard InChI is InChI=1S/C7H12F3NO2/c1-13-6(12)7(10,11)4-2-3-5(8)9/h5H,2-4,11H2,1H3. The lowest BCUT2D eigenvalue weighted by atomic mass is 10.1. The number of methoxy groups -OCH3 is 1. The number of rotatable bonds is 5. The van der Waals surface area contributed by atoms with Gasteiger partial charge in [-0.2, -0.15) is 0 Å². The average molecular weight is 199 g/mol. The molecule has 0 saturated carbocycles. The molecule has 0 aromatic rings. The van der Waals surface area contributed by atoms with Crippen LogP contribution in [0.2, 0.25) is 0 Å². The maximum atomic E-state index is 13.0. The number of esters is 1. The molecule has 0 saturated heterocycles. The molecule has 13 heavy (non-hydrogen) atoms. The third-order valence-corrected chi connectivity index (χ3v) is 1.49. The van der Waals surface area contributed by atoms with Crippen LogP contribution in [0.3, 0.4) is 0 Å². The normalized spacial score (nSPS) is 15.5. The van der Waals surface area contributed by atoms with E-state index in [1.165, 1.54) is 0 Å². The molecular formula is C7H12F3NO2. The molecule has 1 unspecified atom stereocenters. The third-order valence-electron chi connectivity index (χ3n) is 1.49. The molecule has 0 spiro atoms. The molecule has 0 radical (unpaired) electrons. The summed E-state index contributed by atoms with van der Waals surface area (Å²) in [4.78, 5) is 10.6. The lowest BCUT2D eigenvalue weighted by molar-refractivity contribution is -0.155. The van der Waals surface area contributed by atoms with Gasteiger partial charge in [0.15, 0.2) is 0 Å². The summed E-state index contributed by atoms with van der Waals surface area (Å²) >= 11 is 0. The zero-order valence-electron chi connectivity index (χ0n) is 7.23. The Bertz CT molecular complexity index is 173. The van der Waals surface area contributed by atoms with E-state index in [1.807, 2.05) is 0 Å². The zero-order valence-corrected chi connectivity index (χ0v) is 7.23. The van der Waals surface area contributed by atoms with Crippen molar-refractivity contribution >= 4 is 5.97 Å². The molecule has 0 fully saturated rings. The molecular weight excluding hydrogens is 187 g/mol. The molecule has 2 N–H and O–H groups in total. The minimum Gasteiger partial charge on any atom is -0.466 e. The van der Waals surface area contributed by atoms with Crippen molar-refractivity contribution in [2.24, 2.45) is 5.73 Å². The fraction of sp³-hybridized carbons (Fsp3) is 0.857. The predicted molar refractivity (Wildman–Crippen MR) is 39.9 cm³/mol.